The molecule has 0 unspecified atom stereocenters. The summed E-state index contributed by atoms with van der Waals surface area (Å²) in [6, 6.07) is -0.114. The summed E-state index contributed by atoms with van der Waals surface area (Å²) < 4.78 is 35.3. The first kappa shape index (κ1) is 12.6. The first-order valence-electron chi connectivity index (χ1n) is 3.60. The lowest BCUT2D eigenvalue weighted by Crippen LogP contribution is -2.25. The molecular weight excluding hydrogens is 228 g/mol. The van der Waals surface area contributed by atoms with Gasteiger partial charge in [0.05, 0.1) is 0 Å². The van der Waals surface area contributed by atoms with Crippen LogP contribution in [0.5, 0.6) is 0 Å². The molecule has 0 aromatic carbocycles. The van der Waals surface area contributed by atoms with Crippen LogP contribution in [-0.2, 0) is 0 Å². The van der Waals surface area contributed by atoms with Crippen molar-refractivity contribution < 1.29 is 13.2 Å². The first-order valence-corrected chi connectivity index (χ1v) is 7.90. The second kappa shape index (κ2) is 4.20. The molecule has 0 radical (unpaired) electrons. The Labute approximate surface area is 80.5 Å². The van der Waals surface area contributed by atoms with E-state index in [1.54, 1.807) is 13.8 Å². The average Bonchev–Trinajstić information content (AvgIpc) is 1.82. The van der Waals surface area contributed by atoms with Crippen molar-refractivity contribution in [3.63, 3.8) is 0 Å². The van der Waals surface area contributed by atoms with Gasteiger partial charge in [0.25, 0.3) is 6.69 Å². The van der Waals surface area contributed by atoms with Gasteiger partial charge in [-0.25, -0.2) is 0 Å². The summed E-state index contributed by atoms with van der Waals surface area (Å²) in [6.07, 6.45) is -5.01. The van der Waals surface area contributed by atoms with E-state index < -0.39 is 19.3 Å². The molecule has 0 heterocycles. The van der Waals surface area contributed by atoms with Crippen molar-refractivity contribution in [2.75, 3.05) is 0 Å². The minimum atomic E-state index is -4.14. The van der Waals surface area contributed by atoms with Crippen LogP contribution in [0.2, 0.25) is 11.6 Å². The van der Waals surface area contributed by atoms with Crippen molar-refractivity contribution in [1.82, 2.24) is 0 Å². The van der Waals surface area contributed by atoms with Crippen molar-refractivity contribution in [2.24, 2.45) is 0 Å². The first-order chi connectivity index (χ1) is 5.15. The Balaban J connectivity index is 3.93. The van der Waals surface area contributed by atoms with Crippen LogP contribution in [0.15, 0.2) is 0 Å². The topological polar surface area (TPSA) is 0 Å². The standard InChI is InChI=1S/C6H11Cl2F3Si/c1-5(2)12(7,8)4-3-6(9,10)11/h5H,3-4H2,1-2H3. The van der Waals surface area contributed by atoms with E-state index in [1.165, 1.54) is 0 Å². The fourth-order valence-electron chi connectivity index (χ4n) is 0.597. The van der Waals surface area contributed by atoms with Crippen LogP contribution in [0.25, 0.3) is 0 Å². The minimum absolute atomic E-state index is 0.0387. The van der Waals surface area contributed by atoms with Gasteiger partial charge in [0.15, 0.2) is 0 Å². The summed E-state index contributed by atoms with van der Waals surface area (Å²) in [5, 5.41) is 0. The van der Waals surface area contributed by atoms with Gasteiger partial charge in [-0.3, -0.25) is 0 Å². The van der Waals surface area contributed by atoms with E-state index in [4.69, 9.17) is 22.2 Å². The third-order valence-electron chi connectivity index (χ3n) is 1.59. The van der Waals surface area contributed by atoms with E-state index in [0.29, 0.717) is 0 Å². The van der Waals surface area contributed by atoms with Crippen molar-refractivity contribution >= 4 is 28.9 Å². The van der Waals surface area contributed by atoms with Crippen LogP contribution >= 0.6 is 22.2 Å². The number of rotatable bonds is 3. The Morgan fingerprint density at radius 2 is 1.67 bits per heavy atom. The van der Waals surface area contributed by atoms with Crippen molar-refractivity contribution in [2.45, 2.75) is 38.0 Å². The van der Waals surface area contributed by atoms with E-state index in [2.05, 4.69) is 0 Å². The molecule has 0 N–H and O–H groups in total. The van der Waals surface area contributed by atoms with E-state index in [-0.39, 0.29) is 11.6 Å². The Morgan fingerprint density at radius 1 is 1.25 bits per heavy atom. The molecule has 0 saturated carbocycles. The zero-order valence-electron chi connectivity index (χ0n) is 6.88. The maximum Gasteiger partial charge on any atom is 0.388 e. The van der Waals surface area contributed by atoms with Crippen LogP contribution in [0.1, 0.15) is 20.3 Å². The van der Waals surface area contributed by atoms with Gasteiger partial charge in [0.2, 0.25) is 0 Å². The van der Waals surface area contributed by atoms with E-state index >= 15 is 0 Å². The average molecular weight is 239 g/mol. The summed E-state index contributed by atoms with van der Waals surface area (Å²) >= 11 is 11.6. The summed E-state index contributed by atoms with van der Waals surface area (Å²) in [5.41, 5.74) is -0.0387. The van der Waals surface area contributed by atoms with Gasteiger partial charge in [0, 0.05) is 6.42 Å². The summed E-state index contributed by atoms with van der Waals surface area (Å²) in [4.78, 5) is 0. The molecule has 12 heavy (non-hydrogen) atoms. The highest BCUT2D eigenvalue weighted by Crippen LogP contribution is 2.37. The quantitative estimate of drug-likeness (QED) is 0.509. The molecule has 0 nitrogen and oxygen atoms in total. The highest BCUT2D eigenvalue weighted by atomic mass is 35.7. The lowest BCUT2D eigenvalue weighted by atomic mass is 10.5. The predicted molar refractivity (Wildman–Crippen MR) is 48.0 cm³/mol. The molecule has 6 heteroatoms. The second-order valence-electron chi connectivity index (χ2n) is 3.03. The fraction of sp³-hybridized carbons (Fsp3) is 1.00. The maximum atomic E-state index is 11.8. The van der Waals surface area contributed by atoms with Crippen molar-refractivity contribution in [1.29, 1.82) is 0 Å². The Kier molecular flexibility index (Phi) is 4.40. The summed E-state index contributed by atoms with van der Waals surface area (Å²) in [6.45, 7) is 0.839. The van der Waals surface area contributed by atoms with Gasteiger partial charge < -0.3 is 0 Å². The third kappa shape index (κ3) is 5.27. The third-order valence-corrected chi connectivity index (χ3v) is 7.94. The molecule has 0 amide bonds. The van der Waals surface area contributed by atoms with Crippen molar-refractivity contribution in [3.8, 4) is 0 Å². The van der Waals surface area contributed by atoms with E-state index in [1.807, 2.05) is 0 Å². The maximum absolute atomic E-state index is 11.8. The smallest absolute Gasteiger partial charge is 0.171 e. The second-order valence-corrected chi connectivity index (χ2v) is 10.8. The molecule has 74 valence electrons. The highest BCUT2D eigenvalue weighted by molar-refractivity contribution is 7.45. The molecule has 0 saturated heterocycles. The number of alkyl halides is 3. The minimum Gasteiger partial charge on any atom is -0.171 e. The fourth-order valence-corrected chi connectivity index (χ4v) is 2.36. The molecule has 0 aromatic heterocycles. The Bertz CT molecular complexity index is 144. The number of hydrogen-bond acceptors (Lipinski definition) is 0. The predicted octanol–water partition coefficient (Wildman–Crippen LogP) is 4.27. The van der Waals surface area contributed by atoms with Gasteiger partial charge in [-0.05, 0) is 11.6 Å². The van der Waals surface area contributed by atoms with Gasteiger partial charge in [-0.15, -0.1) is 22.2 Å². The van der Waals surface area contributed by atoms with Gasteiger partial charge in [-0.2, -0.15) is 13.2 Å². The van der Waals surface area contributed by atoms with Crippen LogP contribution in [-0.4, -0.2) is 12.9 Å². The number of halogens is 5. The molecule has 0 aromatic rings. The largest absolute Gasteiger partial charge is 0.388 e. The molecule has 0 aliphatic heterocycles. The SMILES string of the molecule is CC(C)[Si](Cl)(Cl)CCC(F)(F)F. The van der Waals surface area contributed by atoms with Crippen LogP contribution in [0, 0.1) is 0 Å². The van der Waals surface area contributed by atoms with Crippen LogP contribution in [0.4, 0.5) is 13.2 Å². The van der Waals surface area contributed by atoms with Gasteiger partial charge in [0.1, 0.15) is 0 Å². The molecule has 0 aliphatic rings. The van der Waals surface area contributed by atoms with Crippen LogP contribution in [0.3, 0.4) is 0 Å². The van der Waals surface area contributed by atoms with E-state index in [0.717, 1.165) is 0 Å². The molecule has 0 aliphatic carbocycles. The molecule has 0 atom stereocenters. The number of hydrogen-bond donors (Lipinski definition) is 0. The van der Waals surface area contributed by atoms with Gasteiger partial charge >= 0.3 is 6.18 Å². The highest BCUT2D eigenvalue weighted by Gasteiger charge is 2.38. The van der Waals surface area contributed by atoms with Crippen LogP contribution < -0.4 is 0 Å². The zero-order chi connectivity index (χ0) is 9.99. The molecule has 0 bridgehead atoms. The molecule has 0 spiro atoms. The Hall–Kier alpha value is 0.587. The molecule has 0 fully saturated rings. The summed E-state index contributed by atoms with van der Waals surface area (Å²) in [5.74, 6) is 0. The van der Waals surface area contributed by atoms with Crippen molar-refractivity contribution in [3.05, 3.63) is 0 Å². The molecule has 0 rings (SSSR count). The summed E-state index contributed by atoms with van der Waals surface area (Å²) in [7, 11) is 0. The lowest BCUT2D eigenvalue weighted by molar-refractivity contribution is -0.130. The normalized spacial score (nSPS) is 14.0. The zero-order valence-corrected chi connectivity index (χ0v) is 9.39. The van der Waals surface area contributed by atoms with E-state index in [9.17, 15) is 13.2 Å². The lowest BCUT2D eigenvalue weighted by Gasteiger charge is -2.21. The monoisotopic (exact) mass is 238 g/mol. The molecular formula is C6H11Cl2F3Si. The van der Waals surface area contributed by atoms with Gasteiger partial charge in [-0.1, -0.05) is 13.8 Å². The Morgan fingerprint density at radius 3 is 1.92 bits per heavy atom.